The van der Waals surface area contributed by atoms with Crippen molar-refractivity contribution in [3.8, 4) is 0 Å². The summed E-state index contributed by atoms with van der Waals surface area (Å²) in [5, 5.41) is 3.39. The van der Waals surface area contributed by atoms with E-state index < -0.39 is 0 Å². The first-order chi connectivity index (χ1) is 5.34. The second-order valence-electron chi connectivity index (χ2n) is 3.17. The molecule has 1 saturated heterocycles. The van der Waals surface area contributed by atoms with Gasteiger partial charge in [-0.2, -0.15) is 0 Å². The summed E-state index contributed by atoms with van der Waals surface area (Å²) in [5.74, 6) is 0.796. The third-order valence-electron chi connectivity index (χ3n) is 2.32. The second-order valence-corrected chi connectivity index (χ2v) is 3.55. The number of hydrogen-bond acceptors (Lipinski definition) is 2. The molecule has 1 aliphatic rings. The third kappa shape index (κ3) is 5.97. The van der Waals surface area contributed by atoms with Gasteiger partial charge in [-0.1, -0.05) is 0 Å². The Bertz CT molecular complexity index is 114. The highest BCUT2D eigenvalue weighted by Crippen LogP contribution is 2.07. The Balaban J connectivity index is 0. The van der Waals surface area contributed by atoms with Gasteiger partial charge < -0.3 is 10.2 Å². The van der Waals surface area contributed by atoms with E-state index in [1.165, 1.54) is 13.0 Å². The summed E-state index contributed by atoms with van der Waals surface area (Å²) in [6.07, 6.45) is 2.37. The molecular formula is C8H19Cl3N2. The first-order valence-corrected chi connectivity index (χ1v) is 4.85. The van der Waals surface area contributed by atoms with Crippen molar-refractivity contribution < 1.29 is 0 Å². The van der Waals surface area contributed by atoms with Crippen LogP contribution in [0, 0.1) is 0 Å². The number of hydrogen-bond donors (Lipinski definition) is 1. The fourth-order valence-electron chi connectivity index (χ4n) is 1.50. The molecule has 1 aliphatic heterocycles. The first kappa shape index (κ1) is 16.2. The number of piperazine rings is 1. The maximum absolute atomic E-state index is 5.63. The molecule has 2 nitrogen and oxygen atoms in total. The van der Waals surface area contributed by atoms with E-state index in [1.807, 2.05) is 0 Å². The zero-order chi connectivity index (χ0) is 8.10. The molecule has 0 bridgehead atoms. The van der Waals surface area contributed by atoms with E-state index in [0.717, 1.165) is 25.4 Å². The Labute approximate surface area is 98.2 Å². The summed E-state index contributed by atoms with van der Waals surface area (Å²) >= 11 is 5.63. The van der Waals surface area contributed by atoms with Crippen molar-refractivity contribution in [2.24, 2.45) is 0 Å². The highest BCUT2D eigenvalue weighted by Gasteiger charge is 2.16. The quantitative estimate of drug-likeness (QED) is 0.767. The van der Waals surface area contributed by atoms with Gasteiger partial charge in [0.1, 0.15) is 0 Å². The molecule has 5 heteroatoms. The highest BCUT2D eigenvalue weighted by molar-refractivity contribution is 6.17. The molecule has 82 valence electrons. The molecule has 1 fully saturated rings. The van der Waals surface area contributed by atoms with Gasteiger partial charge in [0, 0.05) is 31.6 Å². The van der Waals surface area contributed by atoms with Gasteiger partial charge in [0.05, 0.1) is 0 Å². The Morgan fingerprint density at radius 2 is 2.15 bits per heavy atom. The molecule has 1 N–H and O–H groups in total. The molecule has 0 radical (unpaired) electrons. The van der Waals surface area contributed by atoms with Gasteiger partial charge in [0.15, 0.2) is 0 Å². The monoisotopic (exact) mass is 248 g/mol. The van der Waals surface area contributed by atoms with Gasteiger partial charge in [0.2, 0.25) is 0 Å². The van der Waals surface area contributed by atoms with Gasteiger partial charge in [-0.3, -0.25) is 0 Å². The number of alkyl halides is 1. The smallest absolute Gasteiger partial charge is 0.0224 e. The van der Waals surface area contributed by atoms with Crippen LogP contribution in [0.15, 0.2) is 0 Å². The van der Waals surface area contributed by atoms with Crippen LogP contribution in [-0.2, 0) is 0 Å². The topological polar surface area (TPSA) is 15.3 Å². The van der Waals surface area contributed by atoms with E-state index in [9.17, 15) is 0 Å². The molecule has 1 unspecified atom stereocenters. The van der Waals surface area contributed by atoms with E-state index >= 15 is 0 Å². The van der Waals surface area contributed by atoms with Crippen LogP contribution in [0.25, 0.3) is 0 Å². The van der Waals surface area contributed by atoms with E-state index in [0.29, 0.717) is 6.04 Å². The molecule has 1 atom stereocenters. The number of rotatable bonds is 3. The Morgan fingerprint density at radius 1 is 1.46 bits per heavy atom. The molecule has 1 rings (SSSR count). The second kappa shape index (κ2) is 9.35. The summed E-state index contributed by atoms with van der Waals surface area (Å²) in [4.78, 5) is 2.42. The average molecular weight is 250 g/mol. The van der Waals surface area contributed by atoms with Crippen molar-refractivity contribution in [1.29, 1.82) is 0 Å². The number of likely N-dealkylation sites (N-methyl/N-ethyl adjacent to an activating group) is 1. The summed E-state index contributed by atoms with van der Waals surface area (Å²) in [7, 11) is 2.19. The first-order valence-electron chi connectivity index (χ1n) is 4.31. The van der Waals surface area contributed by atoms with Crippen LogP contribution in [0.5, 0.6) is 0 Å². The molecule has 13 heavy (non-hydrogen) atoms. The molecule has 0 saturated carbocycles. The normalized spacial score (nSPS) is 23.1. The number of nitrogens with one attached hydrogen (secondary N) is 1. The predicted molar refractivity (Wildman–Crippen MR) is 63.7 cm³/mol. The van der Waals surface area contributed by atoms with E-state index in [-0.39, 0.29) is 24.8 Å². The average Bonchev–Trinajstić information content (AvgIpc) is 2.03. The lowest BCUT2D eigenvalue weighted by molar-refractivity contribution is 0.190. The molecule has 0 aromatic carbocycles. The van der Waals surface area contributed by atoms with Gasteiger partial charge in [0.25, 0.3) is 0 Å². The predicted octanol–water partition coefficient (Wildman–Crippen LogP) is 1.75. The van der Waals surface area contributed by atoms with Crippen LogP contribution in [0.3, 0.4) is 0 Å². The van der Waals surface area contributed by atoms with Crippen molar-refractivity contribution in [2.45, 2.75) is 18.9 Å². The van der Waals surface area contributed by atoms with E-state index in [1.54, 1.807) is 0 Å². The van der Waals surface area contributed by atoms with Crippen molar-refractivity contribution in [1.82, 2.24) is 10.2 Å². The lowest BCUT2D eigenvalue weighted by Crippen LogP contribution is -2.49. The largest absolute Gasteiger partial charge is 0.314 e. The molecule has 1 heterocycles. The zero-order valence-corrected chi connectivity index (χ0v) is 10.4. The minimum absolute atomic E-state index is 0. The molecule has 0 spiro atoms. The van der Waals surface area contributed by atoms with Crippen molar-refractivity contribution in [3.63, 3.8) is 0 Å². The standard InChI is InChI=1S/C8H17ClN2.2ClH/c1-11-6-5-10-7-8(11)3-2-4-9;;/h8,10H,2-7H2,1H3;2*1H. The number of nitrogens with zero attached hydrogens (tertiary/aromatic N) is 1. The van der Waals surface area contributed by atoms with Crippen molar-refractivity contribution in [3.05, 3.63) is 0 Å². The van der Waals surface area contributed by atoms with Crippen LogP contribution < -0.4 is 5.32 Å². The van der Waals surface area contributed by atoms with Gasteiger partial charge >= 0.3 is 0 Å². The summed E-state index contributed by atoms with van der Waals surface area (Å²) in [6.45, 7) is 3.44. The van der Waals surface area contributed by atoms with Crippen molar-refractivity contribution >= 4 is 36.4 Å². The van der Waals surface area contributed by atoms with Crippen LogP contribution in [0.2, 0.25) is 0 Å². The van der Waals surface area contributed by atoms with E-state index in [2.05, 4.69) is 17.3 Å². The fourth-order valence-corrected chi connectivity index (χ4v) is 1.65. The molecule has 0 aliphatic carbocycles. The van der Waals surface area contributed by atoms with Crippen LogP contribution in [0.4, 0.5) is 0 Å². The maximum Gasteiger partial charge on any atom is 0.0224 e. The minimum atomic E-state index is 0. The van der Waals surface area contributed by atoms with E-state index in [4.69, 9.17) is 11.6 Å². The maximum atomic E-state index is 5.63. The summed E-state index contributed by atoms with van der Waals surface area (Å²) in [5.41, 5.74) is 0. The minimum Gasteiger partial charge on any atom is -0.314 e. The number of halogens is 3. The Kier molecular flexibility index (Phi) is 11.7. The molecule has 0 aromatic heterocycles. The summed E-state index contributed by atoms with van der Waals surface area (Å²) < 4.78 is 0. The van der Waals surface area contributed by atoms with Crippen LogP contribution in [-0.4, -0.2) is 43.5 Å². The molecule has 0 amide bonds. The zero-order valence-electron chi connectivity index (χ0n) is 7.96. The highest BCUT2D eigenvalue weighted by atomic mass is 35.5. The lowest BCUT2D eigenvalue weighted by atomic mass is 10.1. The molecule has 0 aromatic rings. The van der Waals surface area contributed by atoms with Crippen LogP contribution >= 0.6 is 36.4 Å². The van der Waals surface area contributed by atoms with Gasteiger partial charge in [-0.25, -0.2) is 0 Å². The van der Waals surface area contributed by atoms with Crippen molar-refractivity contribution in [2.75, 3.05) is 32.6 Å². The Morgan fingerprint density at radius 3 is 2.69 bits per heavy atom. The lowest BCUT2D eigenvalue weighted by Gasteiger charge is -2.32. The van der Waals surface area contributed by atoms with Gasteiger partial charge in [-0.15, -0.1) is 36.4 Å². The fraction of sp³-hybridized carbons (Fsp3) is 1.00. The molecular weight excluding hydrogens is 230 g/mol. The SMILES string of the molecule is CN1CCNCC1CCCCl.Cl.Cl. The Hall–Kier alpha value is 0.790. The third-order valence-corrected chi connectivity index (χ3v) is 2.58. The summed E-state index contributed by atoms with van der Waals surface area (Å²) in [6, 6.07) is 0.711. The van der Waals surface area contributed by atoms with Gasteiger partial charge in [-0.05, 0) is 19.9 Å². The van der Waals surface area contributed by atoms with Crippen LogP contribution in [0.1, 0.15) is 12.8 Å².